The Labute approximate surface area is 118 Å². The molecule has 0 spiro atoms. The molecule has 0 saturated carbocycles. The molecule has 0 aromatic heterocycles. The third-order valence-corrected chi connectivity index (χ3v) is 3.76. The van der Waals surface area contributed by atoms with Crippen molar-refractivity contribution in [2.24, 2.45) is 0 Å². The number of nitrogens with zero attached hydrogens (tertiary/aromatic N) is 1. The molecule has 0 radical (unpaired) electrons. The number of likely N-dealkylation sites (tertiary alicyclic amines) is 1. The summed E-state index contributed by atoms with van der Waals surface area (Å²) in [5.74, 6) is -0.348. The van der Waals surface area contributed by atoms with Gasteiger partial charge in [-0.15, -0.1) is 0 Å². The minimum atomic E-state index is -0.264. The number of phenols is 1. The second-order valence-electron chi connectivity index (χ2n) is 4.96. The van der Waals surface area contributed by atoms with Crippen molar-refractivity contribution in [2.75, 3.05) is 19.6 Å². The molecule has 104 valence electrons. The van der Waals surface area contributed by atoms with Crippen LogP contribution >= 0.6 is 11.6 Å². The fraction of sp³-hybridized carbons (Fsp3) is 0.500. The van der Waals surface area contributed by atoms with E-state index in [0.29, 0.717) is 17.6 Å². The van der Waals surface area contributed by atoms with Crippen LogP contribution in [0.25, 0.3) is 0 Å². The number of amides is 1. The van der Waals surface area contributed by atoms with Crippen LogP contribution < -0.4 is 5.32 Å². The molecule has 1 aliphatic heterocycles. The third-order valence-electron chi connectivity index (χ3n) is 3.53. The summed E-state index contributed by atoms with van der Waals surface area (Å²) in [5, 5.41) is 13.0. The Hall–Kier alpha value is -1.26. The number of carbonyl (C=O) groups excluding carboxylic acids is 1. The molecule has 1 aromatic rings. The number of benzene rings is 1. The van der Waals surface area contributed by atoms with Gasteiger partial charge in [0.25, 0.3) is 5.91 Å². The Kier molecular flexibility index (Phi) is 4.66. The molecule has 1 unspecified atom stereocenters. The van der Waals surface area contributed by atoms with E-state index in [4.69, 9.17) is 11.6 Å². The zero-order chi connectivity index (χ0) is 13.8. The van der Waals surface area contributed by atoms with Gasteiger partial charge in [0, 0.05) is 17.6 Å². The molecule has 0 bridgehead atoms. The Bertz CT molecular complexity index is 459. The number of hydrogen-bond donors (Lipinski definition) is 2. The van der Waals surface area contributed by atoms with E-state index in [2.05, 4.69) is 17.1 Å². The van der Waals surface area contributed by atoms with Crippen LogP contribution in [0.4, 0.5) is 0 Å². The van der Waals surface area contributed by atoms with Gasteiger partial charge >= 0.3 is 0 Å². The molecule has 1 saturated heterocycles. The lowest BCUT2D eigenvalue weighted by atomic mass is 10.2. The average molecular weight is 283 g/mol. The van der Waals surface area contributed by atoms with Crippen LogP contribution in [0.15, 0.2) is 18.2 Å². The second-order valence-corrected chi connectivity index (χ2v) is 5.40. The van der Waals surface area contributed by atoms with Crippen molar-refractivity contribution in [2.45, 2.75) is 25.8 Å². The van der Waals surface area contributed by atoms with Gasteiger partial charge in [-0.1, -0.05) is 11.6 Å². The molecular formula is C14H19ClN2O2. The number of halogens is 1. The number of rotatable bonds is 4. The van der Waals surface area contributed by atoms with Crippen LogP contribution in [-0.4, -0.2) is 41.6 Å². The maximum atomic E-state index is 12.0. The first-order valence-corrected chi connectivity index (χ1v) is 6.96. The molecule has 1 heterocycles. The first-order valence-electron chi connectivity index (χ1n) is 6.58. The topological polar surface area (TPSA) is 52.6 Å². The number of aromatic hydroxyl groups is 1. The predicted molar refractivity (Wildman–Crippen MR) is 75.7 cm³/mol. The quantitative estimate of drug-likeness (QED) is 0.891. The molecule has 2 rings (SSSR count). The number of hydrogen-bond acceptors (Lipinski definition) is 3. The van der Waals surface area contributed by atoms with Crippen LogP contribution in [0, 0.1) is 0 Å². The molecule has 5 heteroatoms. The highest BCUT2D eigenvalue weighted by Crippen LogP contribution is 2.21. The SMILES string of the molecule is CC(CNC(=O)c1ccc(Cl)cc1O)N1CCCC1. The smallest absolute Gasteiger partial charge is 0.255 e. The Morgan fingerprint density at radius 3 is 2.79 bits per heavy atom. The predicted octanol–water partition coefficient (Wildman–Crippen LogP) is 2.26. The van der Waals surface area contributed by atoms with Crippen LogP contribution in [0.5, 0.6) is 5.75 Å². The van der Waals surface area contributed by atoms with E-state index in [1.54, 1.807) is 6.07 Å². The molecule has 0 aliphatic carbocycles. The molecule has 1 aromatic carbocycles. The summed E-state index contributed by atoms with van der Waals surface area (Å²) < 4.78 is 0. The summed E-state index contributed by atoms with van der Waals surface area (Å²) in [6.07, 6.45) is 2.46. The van der Waals surface area contributed by atoms with Gasteiger partial charge in [-0.25, -0.2) is 0 Å². The summed E-state index contributed by atoms with van der Waals surface area (Å²) in [5.41, 5.74) is 0.262. The van der Waals surface area contributed by atoms with Gasteiger partial charge in [-0.05, 0) is 51.1 Å². The Morgan fingerprint density at radius 1 is 1.47 bits per heavy atom. The highest BCUT2D eigenvalue weighted by molar-refractivity contribution is 6.30. The molecule has 1 fully saturated rings. The maximum Gasteiger partial charge on any atom is 0.255 e. The molecule has 2 N–H and O–H groups in total. The number of phenolic OH excluding ortho intramolecular Hbond substituents is 1. The minimum Gasteiger partial charge on any atom is -0.507 e. The lowest BCUT2D eigenvalue weighted by Crippen LogP contribution is -2.40. The number of nitrogens with one attached hydrogen (secondary N) is 1. The van der Waals surface area contributed by atoms with Gasteiger partial charge in [0.1, 0.15) is 5.75 Å². The Morgan fingerprint density at radius 2 is 2.16 bits per heavy atom. The molecule has 4 nitrogen and oxygen atoms in total. The van der Waals surface area contributed by atoms with Crippen LogP contribution in [0.3, 0.4) is 0 Å². The lowest BCUT2D eigenvalue weighted by molar-refractivity contribution is 0.0937. The summed E-state index contributed by atoms with van der Waals surface area (Å²) in [4.78, 5) is 14.3. The summed E-state index contributed by atoms with van der Waals surface area (Å²) >= 11 is 5.74. The van der Waals surface area contributed by atoms with Crippen LogP contribution in [0.2, 0.25) is 5.02 Å². The first kappa shape index (κ1) is 14.2. The van der Waals surface area contributed by atoms with Crippen LogP contribution in [0.1, 0.15) is 30.1 Å². The largest absolute Gasteiger partial charge is 0.507 e. The summed E-state index contributed by atoms with van der Waals surface area (Å²) in [6, 6.07) is 4.83. The van der Waals surface area contributed by atoms with Gasteiger partial charge in [-0.3, -0.25) is 9.69 Å². The van der Waals surface area contributed by atoms with E-state index in [-0.39, 0.29) is 17.2 Å². The van der Waals surface area contributed by atoms with E-state index >= 15 is 0 Å². The van der Waals surface area contributed by atoms with Gasteiger partial charge < -0.3 is 10.4 Å². The van der Waals surface area contributed by atoms with E-state index in [9.17, 15) is 9.90 Å². The molecule has 1 aliphatic rings. The van der Waals surface area contributed by atoms with Gasteiger partial charge in [0.2, 0.25) is 0 Å². The normalized spacial score (nSPS) is 17.4. The van der Waals surface area contributed by atoms with Crippen molar-refractivity contribution in [3.8, 4) is 5.75 Å². The van der Waals surface area contributed by atoms with Crippen molar-refractivity contribution in [1.29, 1.82) is 0 Å². The fourth-order valence-corrected chi connectivity index (χ4v) is 2.51. The zero-order valence-electron chi connectivity index (χ0n) is 11.0. The van der Waals surface area contributed by atoms with Crippen molar-refractivity contribution >= 4 is 17.5 Å². The monoisotopic (exact) mass is 282 g/mol. The van der Waals surface area contributed by atoms with Gasteiger partial charge in [-0.2, -0.15) is 0 Å². The van der Waals surface area contributed by atoms with Crippen molar-refractivity contribution in [3.05, 3.63) is 28.8 Å². The lowest BCUT2D eigenvalue weighted by Gasteiger charge is -2.23. The molecule has 1 amide bonds. The average Bonchev–Trinajstić information content (AvgIpc) is 2.89. The van der Waals surface area contributed by atoms with E-state index < -0.39 is 0 Å². The highest BCUT2D eigenvalue weighted by Gasteiger charge is 2.19. The summed E-state index contributed by atoms with van der Waals surface area (Å²) in [7, 11) is 0. The van der Waals surface area contributed by atoms with E-state index in [1.807, 2.05) is 0 Å². The van der Waals surface area contributed by atoms with Gasteiger partial charge in [0.05, 0.1) is 5.56 Å². The minimum absolute atomic E-state index is 0.0844. The van der Waals surface area contributed by atoms with Crippen LogP contribution in [-0.2, 0) is 0 Å². The Balaban J connectivity index is 1.90. The van der Waals surface area contributed by atoms with Crippen molar-refractivity contribution < 1.29 is 9.90 Å². The van der Waals surface area contributed by atoms with Crippen molar-refractivity contribution in [1.82, 2.24) is 10.2 Å². The molecule has 19 heavy (non-hydrogen) atoms. The van der Waals surface area contributed by atoms with E-state index in [0.717, 1.165) is 13.1 Å². The van der Waals surface area contributed by atoms with Gasteiger partial charge in [0.15, 0.2) is 0 Å². The maximum absolute atomic E-state index is 12.0. The van der Waals surface area contributed by atoms with E-state index in [1.165, 1.54) is 25.0 Å². The highest BCUT2D eigenvalue weighted by atomic mass is 35.5. The van der Waals surface area contributed by atoms with Crippen molar-refractivity contribution in [3.63, 3.8) is 0 Å². The fourth-order valence-electron chi connectivity index (χ4n) is 2.34. The zero-order valence-corrected chi connectivity index (χ0v) is 11.8. The summed E-state index contributed by atoms with van der Waals surface area (Å²) in [6.45, 7) is 4.89. The standard InChI is InChI=1S/C14H19ClN2O2/c1-10(17-6-2-3-7-17)9-16-14(19)12-5-4-11(15)8-13(12)18/h4-5,8,10,18H,2-3,6-7,9H2,1H3,(H,16,19). The number of carbonyl (C=O) groups is 1. The molecule has 1 atom stereocenters. The first-order chi connectivity index (χ1) is 9.08. The third kappa shape index (κ3) is 3.61. The molecular weight excluding hydrogens is 264 g/mol. The second kappa shape index (κ2) is 6.26.